The highest BCUT2D eigenvalue weighted by Crippen LogP contribution is 2.45. The Morgan fingerprint density at radius 2 is 1.88 bits per heavy atom. The van der Waals surface area contributed by atoms with Crippen LogP contribution in [0, 0.1) is 0 Å². The SMILES string of the molecule is CCOP(=O)(O)Cc1ccc(-c2nc(OC)c3cc(Br)ccc3n2)cc1. The summed E-state index contributed by atoms with van der Waals surface area (Å²) in [6.45, 7) is 1.89. The van der Waals surface area contributed by atoms with Gasteiger partial charge in [-0.2, -0.15) is 4.98 Å². The summed E-state index contributed by atoms with van der Waals surface area (Å²) < 4.78 is 23.1. The number of nitrogens with zero attached hydrogens (tertiary/aromatic N) is 2. The lowest BCUT2D eigenvalue weighted by Crippen LogP contribution is -1.97. The molecule has 0 bridgehead atoms. The van der Waals surface area contributed by atoms with Crippen molar-refractivity contribution in [2.45, 2.75) is 13.1 Å². The first kappa shape index (κ1) is 19.0. The molecule has 0 saturated heterocycles. The van der Waals surface area contributed by atoms with Crippen LogP contribution < -0.4 is 4.74 Å². The second-order valence-electron chi connectivity index (χ2n) is 5.63. The van der Waals surface area contributed by atoms with E-state index >= 15 is 0 Å². The van der Waals surface area contributed by atoms with E-state index in [0.717, 1.165) is 20.9 Å². The molecule has 3 rings (SSSR count). The highest BCUT2D eigenvalue weighted by Gasteiger charge is 2.19. The summed E-state index contributed by atoms with van der Waals surface area (Å²) in [6, 6.07) is 12.9. The molecule has 0 aliphatic carbocycles. The van der Waals surface area contributed by atoms with E-state index in [2.05, 4.69) is 25.9 Å². The fraction of sp³-hybridized carbons (Fsp3) is 0.222. The molecule has 0 aliphatic heterocycles. The molecule has 8 heteroatoms. The van der Waals surface area contributed by atoms with Gasteiger partial charge in [0.25, 0.3) is 0 Å². The van der Waals surface area contributed by atoms with Gasteiger partial charge in [0, 0.05) is 10.0 Å². The third kappa shape index (κ3) is 4.30. The number of rotatable bonds is 6. The first-order chi connectivity index (χ1) is 12.4. The second-order valence-corrected chi connectivity index (χ2v) is 8.39. The first-order valence-corrected chi connectivity index (χ1v) is 10.5. The number of halogens is 1. The predicted molar refractivity (Wildman–Crippen MR) is 104 cm³/mol. The Bertz CT molecular complexity index is 979. The first-order valence-electron chi connectivity index (χ1n) is 7.99. The number of fused-ring (bicyclic) bond motifs is 1. The van der Waals surface area contributed by atoms with Crippen LogP contribution in [0.5, 0.6) is 5.88 Å². The van der Waals surface area contributed by atoms with Crippen molar-refractivity contribution in [1.29, 1.82) is 0 Å². The van der Waals surface area contributed by atoms with Crippen molar-refractivity contribution in [2.24, 2.45) is 0 Å². The standard InChI is InChI=1S/C18H18BrN2O4P/c1-3-25-26(22,23)11-12-4-6-13(7-5-12)17-20-16-9-8-14(19)10-15(16)18(21-17)24-2/h4-10H,3,11H2,1-2H3,(H,22,23). The van der Waals surface area contributed by atoms with Gasteiger partial charge < -0.3 is 14.2 Å². The highest BCUT2D eigenvalue weighted by atomic mass is 79.9. The van der Waals surface area contributed by atoms with E-state index in [9.17, 15) is 9.46 Å². The third-order valence-electron chi connectivity index (χ3n) is 3.74. The van der Waals surface area contributed by atoms with Gasteiger partial charge in [0.05, 0.1) is 30.8 Å². The van der Waals surface area contributed by atoms with Crippen LogP contribution in [0.15, 0.2) is 46.9 Å². The van der Waals surface area contributed by atoms with Crippen LogP contribution in [0.1, 0.15) is 12.5 Å². The van der Waals surface area contributed by atoms with E-state index < -0.39 is 7.60 Å². The molecule has 0 amide bonds. The van der Waals surface area contributed by atoms with Gasteiger partial charge in [-0.05, 0) is 30.7 Å². The van der Waals surface area contributed by atoms with E-state index in [1.165, 1.54) is 0 Å². The summed E-state index contributed by atoms with van der Waals surface area (Å²) in [5.41, 5.74) is 2.28. The van der Waals surface area contributed by atoms with E-state index in [0.29, 0.717) is 17.3 Å². The highest BCUT2D eigenvalue weighted by molar-refractivity contribution is 9.10. The van der Waals surface area contributed by atoms with Gasteiger partial charge in [0.1, 0.15) is 0 Å². The Morgan fingerprint density at radius 1 is 1.15 bits per heavy atom. The predicted octanol–water partition coefficient (Wildman–Crippen LogP) is 4.79. The van der Waals surface area contributed by atoms with Crippen LogP contribution in [0.2, 0.25) is 0 Å². The minimum atomic E-state index is -3.61. The van der Waals surface area contributed by atoms with Gasteiger partial charge in [0.15, 0.2) is 5.82 Å². The molecule has 1 heterocycles. The molecular formula is C18H18BrN2O4P. The molecule has 1 atom stereocenters. The molecular weight excluding hydrogens is 419 g/mol. The molecule has 0 fully saturated rings. The lowest BCUT2D eigenvalue weighted by Gasteiger charge is -2.11. The molecule has 26 heavy (non-hydrogen) atoms. The average Bonchev–Trinajstić information content (AvgIpc) is 2.61. The van der Waals surface area contributed by atoms with Gasteiger partial charge in [-0.3, -0.25) is 4.57 Å². The molecule has 0 saturated carbocycles. The zero-order chi connectivity index (χ0) is 18.7. The maximum absolute atomic E-state index is 11.9. The Kier molecular flexibility index (Phi) is 5.73. The molecule has 3 aromatic rings. The summed E-state index contributed by atoms with van der Waals surface area (Å²) in [4.78, 5) is 18.8. The molecule has 0 spiro atoms. The Morgan fingerprint density at radius 3 is 2.54 bits per heavy atom. The van der Waals surface area contributed by atoms with Crippen LogP contribution in [-0.4, -0.2) is 28.6 Å². The second kappa shape index (κ2) is 7.84. The minimum Gasteiger partial charge on any atom is -0.480 e. The number of hydrogen-bond acceptors (Lipinski definition) is 5. The largest absolute Gasteiger partial charge is 0.480 e. The molecule has 0 radical (unpaired) electrons. The van der Waals surface area contributed by atoms with E-state index in [-0.39, 0.29) is 12.8 Å². The summed E-state index contributed by atoms with van der Waals surface area (Å²) in [6.07, 6.45) is -0.0307. The van der Waals surface area contributed by atoms with E-state index in [1.807, 2.05) is 30.3 Å². The lowest BCUT2D eigenvalue weighted by molar-refractivity contribution is 0.272. The molecule has 1 N–H and O–H groups in total. The molecule has 6 nitrogen and oxygen atoms in total. The van der Waals surface area contributed by atoms with Crippen LogP contribution in [0.3, 0.4) is 0 Å². The van der Waals surface area contributed by atoms with Crippen LogP contribution >= 0.6 is 23.5 Å². The van der Waals surface area contributed by atoms with Crippen molar-refractivity contribution in [2.75, 3.05) is 13.7 Å². The Balaban J connectivity index is 1.94. The van der Waals surface area contributed by atoms with E-state index in [4.69, 9.17) is 9.26 Å². The topological polar surface area (TPSA) is 81.5 Å². The Labute approximate surface area is 159 Å². The summed E-state index contributed by atoms with van der Waals surface area (Å²) in [5, 5.41) is 0.820. The normalized spacial score (nSPS) is 13.5. The van der Waals surface area contributed by atoms with Gasteiger partial charge in [-0.1, -0.05) is 40.2 Å². The van der Waals surface area contributed by atoms with Crippen molar-refractivity contribution in [3.05, 3.63) is 52.5 Å². The monoisotopic (exact) mass is 436 g/mol. The molecule has 1 unspecified atom stereocenters. The maximum atomic E-state index is 11.9. The molecule has 0 aliphatic rings. The van der Waals surface area contributed by atoms with E-state index in [1.54, 1.807) is 26.2 Å². The lowest BCUT2D eigenvalue weighted by atomic mass is 10.1. The fourth-order valence-corrected chi connectivity index (χ4v) is 4.12. The smallest absolute Gasteiger partial charge is 0.332 e. The third-order valence-corrected chi connectivity index (χ3v) is 5.66. The number of methoxy groups -OCH3 is 1. The number of aromatic nitrogens is 2. The van der Waals surface area contributed by atoms with Crippen molar-refractivity contribution in [3.63, 3.8) is 0 Å². The summed E-state index contributed by atoms with van der Waals surface area (Å²) in [5.74, 6) is 1.02. The molecule has 136 valence electrons. The van der Waals surface area contributed by atoms with Crippen molar-refractivity contribution in [1.82, 2.24) is 9.97 Å². The number of ether oxygens (including phenoxy) is 1. The van der Waals surface area contributed by atoms with Crippen molar-refractivity contribution in [3.8, 4) is 17.3 Å². The maximum Gasteiger partial charge on any atom is 0.332 e. The average molecular weight is 437 g/mol. The van der Waals surface area contributed by atoms with Crippen molar-refractivity contribution < 1.29 is 18.7 Å². The van der Waals surface area contributed by atoms with Gasteiger partial charge in [-0.15, -0.1) is 0 Å². The Hall–Kier alpha value is -1.79. The van der Waals surface area contributed by atoms with Gasteiger partial charge in [0.2, 0.25) is 5.88 Å². The van der Waals surface area contributed by atoms with Crippen LogP contribution in [-0.2, 0) is 15.3 Å². The quantitative estimate of drug-likeness (QED) is 0.559. The van der Waals surface area contributed by atoms with Crippen LogP contribution in [0.4, 0.5) is 0 Å². The van der Waals surface area contributed by atoms with Crippen molar-refractivity contribution >= 4 is 34.4 Å². The summed E-state index contributed by atoms with van der Waals surface area (Å²) >= 11 is 3.44. The van der Waals surface area contributed by atoms with Crippen LogP contribution in [0.25, 0.3) is 22.3 Å². The molecule has 1 aromatic heterocycles. The zero-order valence-electron chi connectivity index (χ0n) is 14.3. The number of hydrogen-bond donors (Lipinski definition) is 1. The van der Waals surface area contributed by atoms with Gasteiger partial charge in [-0.25, -0.2) is 4.98 Å². The number of benzene rings is 2. The fourth-order valence-electron chi connectivity index (χ4n) is 2.59. The molecule has 2 aromatic carbocycles. The minimum absolute atomic E-state index is 0.0307. The summed E-state index contributed by atoms with van der Waals surface area (Å²) in [7, 11) is -2.04. The zero-order valence-corrected chi connectivity index (χ0v) is 16.8. The van der Waals surface area contributed by atoms with Gasteiger partial charge >= 0.3 is 7.60 Å².